The molecule has 3 atom stereocenters. The van der Waals surface area contributed by atoms with Gasteiger partial charge in [-0.25, -0.2) is 9.59 Å². The molecule has 0 radical (unpaired) electrons. The lowest BCUT2D eigenvalue weighted by Gasteiger charge is -2.36. The van der Waals surface area contributed by atoms with E-state index in [1.807, 2.05) is 41.5 Å². The Labute approximate surface area is 208 Å². The van der Waals surface area contributed by atoms with E-state index in [1.54, 1.807) is 42.2 Å². The van der Waals surface area contributed by atoms with E-state index in [9.17, 15) is 14.4 Å². The largest absolute Gasteiger partial charge is 0.491 e. The van der Waals surface area contributed by atoms with Gasteiger partial charge in [-0.2, -0.15) is 0 Å². The van der Waals surface area contributed by atoms with Gasteiger partial charge in [0.15, 0.2) is 0 Å². The summed E-state index contributed by atoms with van der Waals surface area (Å²) in [6.45, 7) is 12.4. The van der Waals surface area contributed by atoms with Crippen LogP contribution >= 0.6 is 0 Å². The van der Waals surface area contributed by atoms with E-state index >= 15 is 0 Å². The standard InChI is InChI=1S/C25H41N5O5/c1-15(2)26-24(32)28-19-9-10-20-21(11-19)35-14-18(6)30(25(33)27-16(3)4)12-17(5)22(34-8)13-29(7)23(20)31/h9-11,15-18,22H,12-14H2,1-8H3,(H,27,33)(H2,26,28,32)/t17-,18+,22+/m1/s1. The van der Waals surface area contributed by atoms with Crippen LogP contribution in [-0.2, 0) is 4.74 Å². The number of rotatable bonds is 4. The number of amides is 5. The molecule has 1 heterocycles. The average molecular weight is 492 g/mol. The molecule has 0 fully saturated rings. The van der Waals surface area contributed by atoms with Crippen LogP contribution in [0.3, 0.4) is 0 Å². The Morgan fingerprint density at radius 1 is 1.09 bits per heavy atom. The van der Waals surface area contributed by atoms with Crippen molar-refractivity contribution < 1.29 is 23.9 Å². The van der Waals surface area contributed by atoms with E-state index in [0.29, 0.717) is 30.1 Å². The van der Waals surface area contributed by atoms with Crippen molar-refractivity contribution in [3.05, 3.63) is 23.8 Å². The molecule has 196 valence electrons. The van der Waals surface area contributed by atoms with Gasteiger partial charge in [-0.1, -0.05) is 6.92 Å². The van der Waals surface area contributed by atoms with Crippen molar-refractivity contribution in [3.63, 3.8) is 0 Å². The summed E-state index contributed by atoms with van der Waals surface area (Å²) in [4.78, 5) is 41.8. The molecule has 35 heavy (non-hydrogen) atoms. The molecule has 3 N–H and O–H groups in total. The summed E-state index contributed by atoms with van der Waals surface area (Å²) in [5.74, 6) is 0.0958. The topological polar surface area (TPSA) is 112 Å². The first kappa shape index (κ1) is 28.2. The third kappa shape index (κ3) is 8.02. The number of nitrogens with one attached hydrogen (secondary N) is 3. The lowest BCUT2D eigenvalue weighted by atomic mass is 10.0. The smallest absolute Gasteiger partial charge is 0.319 e. The molecule has 0 saturated heterocycles. The first-order valence-electron chi connectivity index (χ1n) is 12.1. The molecule has 0 aromatic heterocycles. The van der Waals surface area contributed by atoms with E-state index in [-0.39, 0.29) is 54.7 Å². The molecule has 2 rings (SSSR count). The number of methoxy groups -OCH3 is 1. The number of carbonyl (C=O) groups excluding carboxylic acids is 3. The lowest BCUT2D eigenvalue weighted by Crippen LogP contribution is -2.52. The van der Waals surface area contributed by atoms with Crippen LogP contribution in [-0.4, -0.2) is 85.9 Å². The Hall–Kier alpha value is -3.01. The number of likely N-dealkylation sites (N-methyl/N-ethyl adjacent to an activating group) is 1. The Balaban J connectivity index is 2.42. The summed E-state index contributed by atoms with van der Waals surface area (Å²) in [6, 6.07) is 4.10. The lowest BCUT2D eigenvalue weighted by molar-refractivity contribution is 0.0165. The van der Waals surface area contributed by atoms with Crippen LogP contribution < -0.4 is 20.7 Å². The van der Waals surface area contributed by atoms with Crippen LogP contribution in [0.25, 0.3) is 0 Å². The number of benzene rings is 1. The van der Waals surface area contributed by atoms with E-state index in [1.165, 1.54) is 0 Å². The van der Waals surface area contributed by atoms with Gasteiger partial charge in [0.2, 0.25) is 0 Å². The monoisotopic (exact) mass is 491 g/mol. The highest BCUT2D eigenvalue weighted by Gasteiger charge is 2.30. The van der Waals surface area contributed by atoms with Gasteiger partial charge in [0, 0.05) is 57.0 Å². The van der Waals surface area contributed by atoms with Crippen molar-refractivity contribution in [1.29, 1.82) is 0 Å². The fraction of sp³-hybridized carbons (Fsp3) is 0.640. The number of nitrogens with zero attached hydrogens (tertiary/aromatic N) is 2. The van der Waals surface area contributed by atoms with Crippen LogP contribution in [0.4, 0.5) is 15.3 Å². The van der Waals surface area contributed by atoms with E-state index in [0.717, 1.165) is 0 Å². The quantitative estimate of drug-likeness (QED) is 0.599. The predicted octanol–water partition coefficient (Wildman–Crippen LogP) is 3.14. The zero-order valence-electron chi connectivity index (χ0n) is 22.2. The van der Waals surface area contributed by atoms with Gasteiger partial charge in [0.1, 0.15) is 12.4 Å². The highest BCUT2D eigenvalue weighted by atomic mass is 16.5. The maximum Gasteiger partial charge on any atom is 0.319 e. The van der Waals surface area contributed by atoms with Crippen molar-refractivity contribution >= 4 is 23.7 Å². The molecule has 0 unspecified atom stereocenters. The van der Waals surface area contributed by atoms with Gasteiger partial charge < -0.3 is 35.2 Å². The van der Waals surface area contributed by atoms with E-state index in [4.69, 9.17) is 9.47 Å². The summed E-state index contributed by atoms with van der Waals surface area (Å²) in [7, 11) is 3.33. The summed E-state index contributed by atoms with van der Waals surface area (Å²) < 4.78 is 11.8. The van der Waals surface area contributed by atoms with Crippen LogP contribution in [0, 0.1) is 5.92 Å². The molecule has 0 aliphatic carbocycles. The zero-order chi connectivity index (χ0) is 26.3. The SMILES string of the molecule is CO[C@H]1CN(C)C(=O)c2ccc(NC(=O)NC(C)C)cc2OC[C@H](C)N(C(=O)NC(C)C)C[C@H]1C. The molecule has 10 heteroatoms. The molecule has 0 saturated carbocycles. The maximum atomic E-state index is 13.3. The van der Waals surface area contributed by atoms with Crippen LogP contribution in [0.2, 0.25) is 0 Å². The normalized spacial score (nSPS) is 21.5. The number of hydrogen-bond acceptors (Lipinski definition) is 5. The van der Waals surface area contributed by atoms with Gasteiger partial charge in [0.05, 0.1) is 17.7 Å². The minimum absolute atomic E-state index is 0.0133. The predicted molar refractivity (Wildman–Crippen MR) is 136 cm³/mol. The number of hydrogen-bond donors (Lipinski definition) is 3. The number of urea groups is 2. The van der Waals surface area contributed by atoms with Crippen LogP contribution in [0.1, 0.15) is 51.9 Å². The fourth-order valence-corrected chi connectivity index (χ4v) is 3.89. The second-order valence-electron chi connectivity index (χ2n) is 9.82. The summed E-state index contributed by atoms with van der Waals surface area (Å²) in [5, 5.41) is 8.50. The number of ether oxygens (including phenoxy) is 2. The molecule has 10 nitrogen and oxygen atoms in total. The molecule has 1 aliphatic heterocycles. The minimum Gasteiger partial charge on any atom is -0.491 e. The van der Waals surface area contributed by atoms with Crippen LogP contribution in [0.15, 0.2) is 18.2 Å². The molecule has 0 spiro atoms. The van der Waals surface area contributed by atoms with Gasteiger partial charge in [-0.15, -0.1) is 0 Å². The molecule has 0 bridgehead atoms. The second-order valence-corrected chi connectivity index (χ2v) is 9.82. The number of fused-ring (bicyclic) bond motifs is 1. The number of anilines is 1. The number of carbonyl (C=O) groups is 3. The van der Waals surface area contributed by atoms with Crippen LogP contribution in [0.5, 0.6) is 5.75 Å². The van der Waals surface area contributed by atoms with E-state index in [2.05, 4.69) is 16.0 Å². The molecule has 1 aromatic carbocycles. The molecular weight excluding hydrogens is 450 g/mol. The molecular formula is C25H41N5O5. The first-order chi connectivity index (χ1) is 16.4. The van der Waals surface area contributed by atoms with Crippen molar-refractivity contribution in [2.24, 2.45) is 5.92 Å². The molecule has 5 amide bonds. The Bertz CT molecular complexity index is 891. The van der Waals surface area contributed by atoms with Crippen molar-refractivity contribution in [2.45, 2.75) is 65.8 Å². The van der Waals surface area contributed by atoms with Gasteiger partial charge in [-0.3, -0.25) is 4.79 Å². The summed E-state index contributed by atoms with van der Waals surface area (Å²) in [6.07, 6.45) is -0.269. The maximum absolute atomic E-state index is 13.3. The zero-order valence-corrected chi connectivity index (χ0v) is 22.2. The Morgan fingerprint density at radius 2 is 1.74 bits per heavy atom. The molecule has 1 aromatic rings. The summed E-state index contributed by atoms with van der Waals surface area (Å²) in [5.41, 5.74) is 0.866. The molecule has 1 aliphatic rings. The fourth-order valence-electron chi connectivity index (χ4n) is 3.89. The van der Waals surface area contributed by atoms with Gasteiger partial charge >= 0.3 is 12.1 Å². The second kappa shape index (κ2) is 12.6. The average Bonchev–Trinajstić information content (AvgIpc) is 2.76. The van der Waals surface area contributed by atoms with Crippen molar-refractivity contribution in [3.8, 4) is 5.75 Å². The Morgan fingerprint density at radius 3 is 2.34 bits per heavy atom. The summed E-state index contributed by atoms with van der Waals surface area (Å²) >= 11 is 0. The Kier molecular flexibility index (Phi) is 10.2. The van der Waals surface area contributed by atoms with E-state index < -0.39 is 0 Å². The highest BCUT2D eigenvalue weighted by Crippen LogP contribution is 2.27. The van der Waals surface area contributed by atoms with Crippen molar-refractivity contribution in [2.75, 3.05) is 39.2 Å². The minimum atomic E-state index is -0.349. The third-order valence-corrected chi connectivity index (χ3v) is 5.80. The van der Waals surface area contributed by atoms with Gasteiger partial charge in [-0.05, 0) is 46.8 Å². The third-order valence-electron chi connectivity index (χ3n) is 5.80. The van der Waals surface area contributed by atoms with Gasteiger partial charge in [0.25, 0.3) is 5.91 Å². The van der Waals surface area contributed by atoms with Crippen molar-refractivity contribution in [1.82, 2.24) is 20.4 Å². The highest BCUT2D eigenvalue weighted by molar-refractivity contribution is 5.98. The first-order valence-corrected chi connectivity index (χ1v) is 12.1.